The predicted octanol–water partition coefficient (Wildman–Crippen LogP) is 4.39. The molecule has 0 bridgehead atoms. The van der Waals surface area contributed by atoms with Gasteiger partial charge in [-0.1, -0.05) is 6.08 Å². The molecule has 1 saturated heterocycles. The van der Waals surface area contributed by atoms with E-state index in [1.54, 1.807) is 22.7 Å². The number of likely N-dealkylation sites (tertiary alicyclic amines) is 1. The van der Waals surface area contributed by atoms with Gasteiger partial charge in [0.1, 0.15) is 0 Å². The summed E-state index contributed by atoms with van der Waals surface area (Å²) in [7, 11) is -4.67. The molecule has 0 unspecified atom stereocenters. The highest BCUT2D eigenvalue weighted by Crippen LogP contribution is 2.35. The van der Waals surface area contributed by atoms with E-state index in [0.717, 1.165) is 32.4 Å². The highest BCUT2D eigenvalue weighted by atomic mass is 32.3. The molecule has 30 heavy (non-hydrogen) atoms. The molecular formula is C20H27NO6S3. The van der Waals surface area contributed by atoms with Gasteiger partial charge in [0.25, 0.3) is 0 Å². The molecule has 3 N–H and O–H groups in total. The summed E-state index contributed by atoms with van der Waals surface area (Å²) >= 11 is 3.60. The lowest BCUT2D eigenvalue weighted by Gasteiger charge is -2.30. The van der Waals surface area contributed by atoms with Crippen molar-refractivity contribution in [1.29, 1.82) is 0 Å². The molecule has 10 heteroatoms. The van der Waals surface area contributed by atoms with Crippen LogP contribution in [0.3, 0.4) is 0 Å². The Balaban J connectivity index is 0.000000575. The second-order valence-electron chi connectivity index (χ2n) is 7.20. The molecule has 3 heterocycles. The number of piperidine rings is 1. The standard InChI is InChI=1S/C20H25NO2S2.H2O4S/c1-14-7-11-24-18(14)17(19-15(2)8-12-25-19)6-4-10-21-9-3-5-16(13-21)20(22)23;1-5(2,3)4/h6-8,11-12,16H,3-5,9-10,13H2,1-2H3,(H,22,23);(H2,1,2,3,4)/t16-;/m1./s1. The van der Waals surface area contributed by atoms with Gasteiger partial charge in [-0.15, -0.1) is 22.7 Å². The van der Waals surface area contributed by atoms with Crippen LogP contribution in [0.2, 0.25) is 0 Å². The minimum Gasteiger partial charge on any atom is -0.481 e. The molecule has 0 saturated carbocycles. The monoisotopic (exact) mass is 473 g/mol. The second-order valence-corrected chi connectivity index (χ2v) is 9.93. The van der Waals surface area contributed by atoms with Crippen molar-refractivity contribution < 1.29 is 27.4 Å². The van der Waals surface area contributed by atoms with E-state index in [0.29, 0.717) is 6.54 Å². The van der Waals surface area contributed by atoms with Gasteiger partial charge in [0.2, 0.25) is 0 Å². The smallest absolute Gasteiger partial charge is 0.394 e. The van der Waals surface area contributed by atoms with E-state index in [9.17, 15) is 9.90 Å². The van der Waals surface area contributed by atoms with Crippen molar-refractivity contribution in [3.05, 3.63) is 49.9 Å². The molecule has 2 aromatic rings. The van der Waals surface area contributed by atoms with E-state index < -0.39 is 16.4 Å². The molecule has 0 spiro atoms. The first kappa shape index (κ1) is 24.7. The van der Waals surface area contributed by atoms with E-state index in [1.807, 2.05) is 0 Å². The van der Waals surface area contributed by atoms with Crippen molar-refractivity contribution in [3.8, 4) is 0 Å². The number of aryl methyl sites for hydroxylation is 2. The summed E-state index contributed by atoms with van der Waals surface area (Å²) < 4.78 is 31.6. The first-order chi connectivity index (χ1) is 14.1. The van der Waals surface area contributed by atoms with Crippen molar-refractivity contribution in [2.24, 2.45) is 5.92 Å². The third-order valence-corrected chi connectivity index (χ3v) is 6.96. The minimum absolute atomic E-state index is 0.198. The fraction of sp³-hybridized carbons (Fsp3) is 0.450. The van der Waals surface area contributed by atoms with E-state index in [1.165, 1.54) is 26.5 Å². The lowest BCUT2D eigenvalue weighted by Crippen LogP contribution is -2.39. The van der Waals surface area contributed by atoms with Gasteiger partial charge in [0, 0.05) is 28.4 Å². The van der Waals surface area contributed by atoms with Crippen LogP contribution in [-0.4, -0.2) is 53.1 Å². The average Bonchev–Trinajstić information content (AvgIpc) is 3.26. The predicted molar refractivity (Wildman–Crippen MR) is 121 cm³/mol. The second kappa shape index (κ2) is 11.2. The Hall–Kier alpha value is -1.56. The maximum Gasteiger partial charge on any atom is 0.394 e. The van der Waals surface area contributed by atoms with Crippen LogP contribution in [0.15, 0.2) is 29.0 Å². The summed E-state index contributed by atoms with van der Waals surface area (Å²) in [5.41, 5.74) is 3.99. The Kier molecular flexibility index (Phi) is 9.20. The Morgan fingerprint density at radius 2 is 1.70 bits per heavy atom. The van der Waals surface area contributed by atoms with E-state index in [-0.39, 0.29) is 5.92 Å². The number of thiophene rings is 2. The fourth-order valence-electron chi connectivity index (χ4n) is 3.44. The van der Waals surface area contributed by atoms with Crippen molar-refractivity contribution >= 4 is 44.6 Å². The molecule has 166 valence electrons. The Bertz CT molecular complexity index is 926. The van der Waals surface area contributed by atoms with Gasteiger partial charge in [-0.05, 0) is 73.7 Å². The average molecular weight is 474 g/mol. The van der Waals surface area contributed by atoms with E-state index in [2.05, 4.69) is 47.7 Å². The third-order valence-electron chi connectivity index (χ3n) is 4.86. The number of rotatable bonds is 6. The maximum absolute atomic E-state index is 11.2. The van der Waals surface area contributed by atoms with Crippen molar-refractivity contribution in [1.82, 2.24) is 4.90 Å². The molecule has 1 aliphatic heterocycles. The van der Waals surface area contributed by atoms with Crippen molar-refractivity contribution in [2.45, 2.75) is 33.1 Å². The molecule has 2 aromatic heterocycles. The number of carboxylic acid groups (broad SMARTS) is 1. The number of hydrogen-bond acceptors (Lipinski definition) is 6. The number of hydrogen-bond donors (Lipinski definition) is 3. The SMILES string of the molecule is Cc1ccsc1C(=CCCN1CCC[C@@H](C(=O)O)C1)c1sccc1C.O=S(=O)(O)O. The normalized spacial score (nSPS) is 17.1. The molecule has 1 atom stereocenters. The molecule has 0 aliphatic carbocycles. The van der Waals surface area contributed by atoms with Gasteiger partial charge in [-0.25, -0.2) is 0 Å². The Morgan fingerprint density at radius 1 is 1.17 bits per heavy atom. The first-order valence-electron chi connectivity index (χ1n) is 9.50. The highest BCUT2D eigenvalue weighted by molar-refractivity contribution is 7.79. The van der Waals surface area contributed by atoms with Gasteiger partial charge in [0.05, 0.1) is 5.92 Å². The topological polar surface area (TPSA) is 115 Å². The molecule has 3 rings (SSSR count). The first-order valence-corrected chi connectivity index (χ1v) is 12.7. The molecule has 1 aliphatic rings. The fourth-order valence-corrected chi connectivity index (χ4v) is 5.45. The third kappa shape index (κ3) is 7.93. The Morgan fingerprint density at radius 3 is 2.13 bits per heavy atom. The zero-order valence-electron chi connectivity index (χ0n) is 16.9. The summed E-state index contributed by atoms with van der Waals surface area (Å²) in [5, 5.41) is 13.6. The summed E-state index contributed by atoms with van der Waals surface area (Å²) in [6, 6.07) is 4.36. The van der Waals surface area contributed by atoms with Crippen LogP contribution < -0.4 is 0 Å². The largest absolute Gasteiger partial charge is 0.481 e. The van der Waals surface area contributed by atoms with Gasteiger partial charge >= 0.3 is 16.4 Å². The number of aliphatic carboxylic acids is 1. The zero-order valence-corrected chi connectivity index (χ0v) is 19.4. The van der Waals surface area contributed by atoms with E-state index >= 15 is 0 Å². The van der Waals surface area contributed by atoms with Crippen LogP contribution in [0.1, 0.15) is 40.1 Å². The van der Waals surface area contributed by atoms with Gasteiger partial charge in [0.15, 0.2) is 0 Å². The van der Waals surface area contributed by atoms with Crippen LogP contribution >= 0.6 is 22.7 Å². The summed E-state index contributed by atoms with van der Waals surface area (Å²) in [6.45, 7) is 6.98. The number of nitrogens with zero attached hydrogens (tertiary/aromatic N) is 1. The van der Waals surface area contributed by atoms with E-state index in [4.69, 9.17) is 17.5 Å². The summed E-state index contributed by atoms with van der Waals surface area (Å²) in [4.78, 5) is 16.2. The maximum atomic E-state index is 11.2. The van der Waals surface area contributed by atoms with Crippen molar-refractivity contribution in [2.75, 3.05) is 19.6 Å². The van der Waals surface area contributed by atoms with Crippen LogP contribution in [0.4, 0.5) is 0 Å². The lowest BCUT2D eigenvalue weighted by atomic mass is 9.98. The quantitative estimate of drug-likeness (QED) is 0.533. The summed E-state index contributed by atoms with van der Waals surface area (Å²) in [5.74, 6) is -0.847. The van der Waals surface area contributed by atoms with Gasteiger partial charge < -0.3 is 10.0 Å². The van der Waals surface area contributed by atoms with Crippen molar-refractivity contribution in [3.63, 3.8) is 0 Å². The van der Waals surface area contributed by atoms with Crippen LogP contribution in [0.5, 0.6) is 0 Å². The minimum atomic E-state index is -4.67. The van der Waals surface area contributed by atoms with Gasteiger partial charge in [-0.3, -0.25) is 13.9 Å². The highest BCUT2D eigenvalue weighted by Gasteiger charge is 2.24. The molecular weight excluding hydrogens is 446 g/mol. The van der Waals surface area contributed by atoms with Crippen LogP contribution in [0, 0.1) is 19.8 Å². The molecule has 0 radical (unpaired) electrons. The summed E-state index contributed by atoms with van der Waals surface area (Å²) in [6.07, 6.45) is 5.11. The molecule has 0 amide bonds. The number of carboxylic acids is 1. The molecule has 7 nitrogen and oxygen atoms in total. The Labute approximate surface area is 185 Å². The lowest BCUT2D eigenvalue weighted by molar-refractivity contribution is -0.143. The van der Waals surface area contributed by atoms with Gasteiger partial charge in [-0.2, -0.15) is 8.42 Å². The number of carbonyl (C=O) groups is 1. The van der Waals surface area contributed by atoms with Crippen LogP contribution in [0.25, 0.3) is 5.57 Å². The molecule has 0 aromatic carbocycles. The zero-order chi connectivity index (χ0) is 22.3. The van der Waals surface area contributed by atoms with Crippen LogP contribution in [-0.2, 0) is 15.2 Å². The molecule has 1 fully saturated rings.